The van der Waals surface area contributed by atoms with E-state index in [4.69, 9.17) is 0 Å². The second-order valence-electron chi connectivity index (χ2n) is 6.58. The van der Waals surface area contributed by atoms with Gasteiger partial charge < -0.3 is 9.88 Å². The van der Waals surface area contributed by atoms with Gasteiger partial charge in [0.25, 0.3) is 5.91 Å². The van der Waals surface area contributed by atoms with Crippen molar-refractivity contribution in [2.45, 2.75) is 46.2 Å². The van der Waals surface area contributed by atoms with Crippen LogP contribution in [-0.2, 0) is 13.0 Å². The van der Waals surface area contributed by atoms with Gasteiger partial charge in [-0.2, -0.15) is 0 Å². The van der Waals surface area contributed by atoms with Crippen molar-refractivity contribution in [1.82, 2.24) is 30.0 Å². The SMILES string of the molecule is Cc1nc2ccc(C(=O)N[C@H]3CCc4nnc(C)n4C3)cc2nc1C. The van der Waals surface area contributed by atoms with E-state index in [-0.39, 0.29) is 11.9 Å². The van der Waals surface area contributed by atoms with Gasteiger partial charge in [-0.1, -0.05) is 0 Å². The topological polar surface area (TPSA) is 85.6 Å². The van der Waals surface area contributed by atoms with E-state index in [1.807, 2.05) is 32.9 Å². The quantitative estimate of drug-likeness (QED) is 0.772. The summed E-state index contributed by atoms with van der Waals surface area (Å²) < 4.78 is 2.08. The maximum absolute atomic E-state index is 12.6. The molecular weight excluding hydrogens is 316 g/mol. The molecule has 0 radical (unpaired) electrons. The number of fused-ring (bicyclic) bond motifs is 2. The third kappa shape index (κ3) is 2.86. The summed E-state index contributed by atoms with van der Waals surface area (Å²) in [5, 5.41) is 11.4. The zero-order valence-corrected chi connectivity index (χ0v) is 14.6. The molecule has 7 heteroatoms. The first-order chi connectivity index (χ1) is 12.0. The largest absolute Gasteiger partial charge is 0.347 e. The second-order valence-corrected chi connectivity index (χ2v) is 6.58. The highest BCUT2D eigenvalue weighted by molar-refractivity contribution is 5.97. The number of nitrogens with zero attached hydrogens (tertiary/aromatic N) is 5. The van der Waals surface area contributed by atoms with Crippen LogP contribution in [0.4, 0.5) is 0 Å². The van der Waals surface area contributed by atoms with E-state index >= 15 is 0 Å². The fraction of sp³-hybridized carbons (Fsp3) is 0.389. The summed E-state index contributed by atoms with van der Waals surface area (Å²) in [6, 6.07) is 5.55. The van der Waals surface area contributed by atoms with Crippen LogP contribution in [-0.4, -0.2) is 36.7 Å². The molecule has 7 nitrogen and oxygen atoms in total. The molecule has 0 aliphatic carbocycles. The molecule has 1 aromatic carbocycles. The number of carbonyl (C=O) groups excluding carboxylic acids is 1. The fourth-order valence-electron chi connectivity index (χ4n) is 3.22. The van der Waals surface area contributed by atoms with E-state index in [1.165, 1.54) is 0 Å². The average Bonchev–Trinajstić information content (AvgIpc) is 2.96. The molecule has 0 unspecified atom stereocenters. The third-order valence-electron chi connectivity index (χ3n) is 4.80. The Bertz CT molecular complexity index is 977. The zero-order chi connectivity index (χ0) is 17.6. The average molecular weight is 336 g/mol. The summed E-state index contributed by atoms with van der Waals surface area (Å²) in [4.78, 5) is 21.7. The maximum Gasteiger partial charge on any atom is 0.251 e. The van der Waals surface area contributed by atoms with Gasteiger partial charge in [0.15, 0.2) is 0 Å². The van der Waals surface area contributed by atoms with Crippen molar-refractivity contribution < 1.29 is 4.79 Å². The number of benzene rings is 1. The zero-order valence-electron chi connectivity index (χ0n) is 14.6. The highest BCUT2D eigenvalue weighted by Gasteiger charge is 2.23. The normalized spacial score (nSPS) is 16.7. The lowest BCUT2D eigenvalue weighted by Crippen LogP contribution is -2.41. The van der Waals surface area contributed by atoms with E-state index in [1.54, 1.807) is 6.07 Å². The molecule has 3 aromatic rings. The molecule has 0 bridgehead atoms. The van der Waals surface area contributed by atoms with E-state index in [2.05, 4.69) is 30.0 Å². The van der Waals surface area contributed by atoms with Crippen LogP contribution in [0, 0.1) is 20.8 Å². The number of aryl methyl sites for hydroxylation is 4. The van der Waals surface area contributed by atoms with Crippen LogP contribution in [0.1, 0.15) is 39.8 Å². The summed E-state index contributed by atoms with van der Waals surface area (Å²) in [5.74, 6) is 1.80. The first-order valence-corrected chi connectivity index (χ1v) is 8.46. The maximum atomic E-state index is 12.6. The minimum atomic E-state index is -0.0823. The molecule has 1 aliphatic rings. The third-order valence-corrected chi connectivity index (χ3v) is 4.80. The Hall–Kier alpha value is -2.83. The van der Waals surface area contributed by atoms with Crippen LogP contribution in [0.25, 0.3) is 11.0 Å². The van der Waals surface area contributed by atoms with Gasteiger partial charge >= 0.3 is 0 Å². The van der Waals surface area contributed by atoms with Crippen LogP contribution >= 0.6 is 0 Å². The number of aromatic nitrogens is 5. The fourth-order valence-corrected chi connectivity index (χ4v) is 3.22. The van der Waals surface area contributed by atoms with E-state index in [9.17, 15) is 4.79 Å². The first-order valence-electron chi connectivity index (χ1n) is 8.46. The predicted molar refractivity (Wildman–Crippen MR) is 93.3 cm³/mol. The smallest absolute Gasteiger partial charge is 0.251 e. The molecule has 0 fully saturated rings. The number of amides is 1. The molecule has 0 saturated carbocycles. The number of carbonyl (C=O) groups is 1. The van der Waals surface area contributed by atoms with E-state index in [0.717, 1.165) is 46.9 Å². The van der Waals surface area contributed by atoms with Crippen molar-refractivity contribution in [3.8, 4) is 0 Å². The van der Waals surface area contributed by atoms with Crippen molar-refractivity contribution >= 4 is 16.9 Å². The highest BCUT2D eigenvalue weighted by Crippen LogP contribution is 2.17. The standard InChI is InChI=1S/C18H20N6O/c1-10-11(2)20-16-8-13(4-6-15(16)19-10)18(25)21-14-5-7-17-23-22-12(3)24(17)9-14/h4,6,8,14H,5,7,9H2,1-3H3,(H,21,25)/t14-/m0/s1. The summed E-state index contributed by atoms with van der Waals surface area (Å²) in [7, 11) is 0. The molecule has 25 heavy (non-hydrogen) atoms. The van der Waals surface area contributed by atoms with Gasteiger partial charge in [0.05, 0.1) is 22.4 Å². The molecule has 1 amide bonds. The van der Waals surface area contributed by atoms with Crippen molar-refractivity contribution in [3.05, 3.63) is 46.8 Å². The summed E-state index contributed by atoms with van der Waals surface area (Å²) in [6.45, 7) is 6.51. The van der Waals surface area contributed by atoms with E-state index < -0.39 is 0 Å². The Kier molecular flexibility index (Phi) is 3.71. The van der Waals surface area contributed by atoms with Gasteiger partial charge in [-0.25, -0.2) is 9.97 Å². The van der Waals surface area contributed by atoms with Gasteiger partial charge in [-0.05, 0) is 45.4 Å². The monoisotopic (exact) mass is 336 g/mol. The van der Waals surface area contributed by atoms with Crippen LogP contribution in [0.15, 0.2) is 18.2 Å². The van der Waals surface area contributed by atoms with Gasteiger partial charge in [-0.3, -0.25) is 4.79 Å². The van der Waals surface area contributed by atoms with Gasteiger partial charge in [0.1, 0.15) is 11.6 Å². The number of nitrogens with one attached hydrogen (secondary N) is 1. The lowest BCUT2D eigenvalue weighted by atomic mass is 10.1. The predicted octanol–water partition coefficient (Wildman–Crippen LogP) is 1.89. The summed E-state index contributed by atoms with van der Waals surface area (Å²) in [6.07, 6.45) is 1.70. The van der Waals surface area contributed by atoms with Crippen molar-refractivity contribution in [2.24, 2.45) is 0 Å². The van der Waals surface area contributed by atoms with Crippen molar-refractivity contribution in [2.75, 3.05) is 0 Å². The Labute approximate surface area is 145 Å². The summed E-state index contributed by atoms with van der Waals surface area (Å²) in [5.41, 5.74) is 3.95. The molecule has 0 spiro atoms. The van der Waals surface area contributed by atoms with Crippen LogP contribution in [0.5, 0.6) is 0 Å². The van der Waals surface area contributed by atoms with Crippen LogP contribution in [0.3, 0.4) is 0 Å². The highest BCUT2D eigenvalue weighted by atomic mass is 16.1. The van der Waals surface area contributed by atoms with Crippen LogP contribution < -0.4 is 5.32 Å². The Balaban J connectivity index is 1.54. The molecule has 1 atom stereocenters. The van der Waals surface area contributed by atoms with Gasteiger partial charge in [-0.15, -0.1) is 10.2 Å². The van der Waals surface area contributed by atoms with Crippen molar-refractivity contribution in [3.63, 3.8) is 0 Å². The van der Waals surface area contributed by atoms with Crippen LogP contribution in [0.2, 0.25) is 0 Å². The van der Waals surface area contributed by atoms with E-state index in [0.29, 0.717) is 12.1 Å². The molecule has 4 rings (SSSR count). The minimum Gasteiger partial charge on any atom is -0.347 e. The second kappa shape index (κ2) is 5.91. The molecule has 2 aromatic heterocycles. The molecule has 3 heterocycles. The molecule has 128 valence electrons. The number of hydrogen-bond acceptors (Lipinski definition) is 5. The van der Waals surface area contributed by atoms with Gasteiger partial charge in [0.2, 0.25) is 0 Å². The van der Waals surface area contributed by atoms with Crippen molar-refractivity contribution in [1.29, 1.82) is 0 Å². The molecule has 1 aliphatic heterocycles. The Morgan fingerprint density at radius 3 is 2.68 bits per heavy atom. The lowest BCUT2D eigenvalue weighted by Gasteiger charge is -2.25. The lowest BCUT2D eigenvalue weighted by molar-refractivity contribution is 0.0927. The molecular formula is C18H20N6O. The first kappa shape index (κ1) is 15.7. The number of rotatable bonds is 2. The molecule has 0 saturated heterocycles. The summed E-state index contributed by atoms with van der Waals surface area (Å²) >= 11 is 0. The number of hydrogen-bond donors (Lipinski definition) is 1. The Morgan fingerprint density at radius 1 is 1.12 bits per heavy atom. The Morgan fingerprint density at radius 2 is 1.88 bits per heavy atom. The van der Waals surface area contributed by atoms with Gasteiger partial charge in [0, 0.05) is 24.6 Å². The minimum absolute atomic E-state index is 0.0798. The molecule has 1 N–H and O–H groups in total.